The fourth-order valence-corrected chi connectivity index (χ4v) is 2.34. The lowest BCUT2D eigenvalue weighted by Crippen LogP contribution is -1.98. The SMILES string of the molecule is O=[N+]([O-])c1ccc2c(cnn2-c2nc3ccccc3[nH]2)c1. The summed E-state index contributed by atoms with van der Waals surface area (Å²) in [6, 6.07) is 12.3. The number of hydrogen-bond donors (Lipinski definition) is 1. The number of aromatic nitrogens is 4. The van der Waals surface area contributed by atoms with Gasteiger partial charge in [0.15, 0.2) is 0 Å². The van der Waals surface area contributed by atoms with Gasteiger partial charge in [0.25, 0.3) is 5.69 Å². The first-order valence-corrected chi connectivity index (χ1v) is 6.30. The third-order valence-electron chi connectivity index (χ3n) is 3.34. The van der Waals surface area contributed by atoms with Gasteiger partial charge in [0.1, 0.15) is 0 Å². The molecule has 0 radical (unpaired) electrons. The molecule has 0 aliphatic heterocycles. The molecule has 0 atom stereocenters. The zero-order valence-corrected chi connectivity index (χ0v) is 10.7. The van der Waals surface area contributed by atoms with Crippen molar-refractivity contribution >= 4 is 27.6 Å². The average molecular weight is 279 g/mol. The number of imidazole rings is 1. The van der Waals surface area contributed by atoms with Crippen molar-refractivity contribution in [2.45, 2.75) is 0 Å². The van der Waals surface area contributed by atoms with Crippen LogP contribution in [0.3, 0.4) is 0 Å². The summed E-state index contributed by atoms with van der Waals surface area (Å²) in [5, 5.41) is 15.8. The second kappa shape index (κ2) is 4.14. The Kier molecular flexibility index (Phi) is 2.28. The number of hydrogen-bond acceptors (Lipinski definition) is 4. The van der Waals surface area contributed by atoms with Crippen molar-refractivity contribution in [2.75, 3.05) is 0 Å². The van der Waals surface area contributed by atoms with Crippen LogP contribution in [0.5, 0.6) is 0 Å². The van der Waals surface area contributed by atoms with Crippen LogP contribution in [0.25, 0.3) is 27.9 Å². The van der Waals surface area contributed by atoms with Gasteiger partial charge in [-0.15, -0.1) is 0 Å². The Hall–Kier alpha value is -3.22. The molecule has 7 nitrogen and oxygen atoms in total. The summed E-state index contributed by atoms with van der Waals surface area (Å²) in [4.78, 5) is 18.0. The number of benzene rings is 2. The van der Waals surface area contributed by atoms with E-state index >= 15 is 0 Å². The Morgan fingerprint density at radius 3 is 2.86 bits per heavy atom. The Morgan fingerprint density at radius 1 is 1.19 bits per heavy atom. The molecule has 0 unspecified atom stereocenters. The van der Waals surface area contributed by atoms with Crippen LogP contribution in [-0.4, -0.2) is 24.7 Å². The summed E-state index contributed by atoms with van der Waals surface area (Å²) in [6.45, 7) is 0. The molecule has 7 heteroatoms. The molecule has 1 N–H and O–H groups in total. The minimum Gasteiger partial charge on any atom is -0.322 e. The van der Waals surface area contributed by atoms with E-state index in [-0.39, 0.29) is 5.69 Å². The molecule has 4 rings (SSSR count). The van der Waals surface area contributed by atoms with Crippen molar-refractivity contribution in [3.63, 3.8) is 0 Å². The quantitative estimate of drug-likeness (QED) is 0.451. The van der Waals surface area contributed by atoms with Crippen LogP contribution in [0.2, 0.25) is 0 Å². The minimum absolute atomic E-state index is 0.0478. The highest BCUT2D eigenvalue weighted by atomic mass is 16.6. The molecule has 2 heterocycles. The van der Waals surface area contributed by atoms with Gasteiger partial charge >= 0.3 is 0 Å². The highest BCUT2D eigenvalue weighted by molar-refractivity contribution is 5.83. The highest BCUT2D eigenvalue weighted by Gasteiger charge is 2.12. The molecule has 0 saturated carbocycles. The van der Waals surface area contributed by atoms with Crippen LogP contribution < -0.4 is 0 Å². The van der Waals surface area contributed by atoms with Crippen molar-refractivity contribution in [1.29, 1.82) is 0 Å². The van der Waals surface area contributed by atoms with Gasteiger partial charge in [-0.2, -0.15) is 9.78 Å². The maximum atomic E-state index is 10.8. The third kappa shape index (κ3) is 1.75. The van der Waals surface area contributed by atoms with Gasteiger partial charge in [-0.05, 0) is 18.2 Å². The standard InChI is InChI=1S/C14H9N5O2/c20-19(21)10-5-6-13-9(7-10)8-15-18(13)14-16-11-3-1-2-4-12(11)17-14/h1-8H,(H,16,17). The normalized spacial score (nSPS) is 11.2. The van der Waals surface area contributed by atoms with E-state index in [1.165, 1.54) is 12.1 Å². The molecule has 0 spiro atoms. The summed E-state index contributed by atoms with van der Waals surface area (Å²) in [5.74, 6) is 0.583. The molecule has 2 aromatic heterocycles. The van der Waals surface area contributed by atoms with Crippen LogP contribution in [0.15, 0.2) is 48.7 Å². The number of non-ortho nitro benzene ring substituents is 1. The van der Waals surface area contributed by atoms with Gasteiger partial charge in [-0.25, -0.2) is 4.98 Å². The predicted molar refractivity (Wildman–Crippen MR) is 77.4 cm³/mol. The molecule has 0 bridgehead atoms. The van der Waals surface area contributed by atoms with Gasteiger partial charge in [-0.1, -0.05) is 12.1 Å². The lowest BCUT2D eigenvalue weighted by molar-refractivity contribution is -0.384. The number of rotatable bonds is 2. The monoisotopic (exact) mass is 279 g/mol. The van der Waals surface area contributed by atoms with E-state index in [1.54, 1.807) is 16.9 Å². The molecule has 0 fully saturated rings. The smallest absolute Gasteiger partial charge is 0.270 e. The first kappa shape index (κ1) is 11.6. The number of nitro benzene ring substituents is 1. The largest absolute Gasteiger partial charge is 0.322 e. The fraction of sp³-hybridized carbons (Fsp3) is 0. The molecular weight excluding hydrogens is 270 g/mol. The molecule has 4 aromatic rings. The molecular formula is C14H9N5O2. The van der Waals surface area contributed by atoms with Crippen molar-refractivity contribution in [2.24, 2.45) is 0 Å². The highest BCUT2D eigenvalue weighted by Crippen LogP contribution is 2.23. The number of H-pyrrole nitrogens is 1. The maximum Gasteiger partial charge on any atom is 0.270 e. The number of nitrogens with one attached hydrogen (secondary N) is 1. The molecule has 2 aromatic carbocycles. The first-order chi connectivity index (χ1) is 10.2. The summed E-state index contributed by atoms with van der Waals surface area (Å²) in [6.07, 6.45) is 1.59. The number of aromatic amines is 1. The van der Waals surface area contributed by atoms with E-state index in [1.807, 2.05) is 24.3 Å². The van der Waals surface area contributed by atoms with E-state index in [4.69, 9.17) is 0 Å². The minimum atomic E-state index is -0.419. The van der Waals surface area contributed by atoms with Crippen LogP contribution in [-0.2, 0) is 0 Å². The Bertz CT molecular complexity index is 952. The zero-order chi connectivity index (χ0) is 14.4. The van der Waals surface area contributed by atoms with Crippen LogP contribution >= 0.6 is 0 Å². The molecule has 0 saturated heterocycles. The summed E-state index contributed by atoms with van der Waals surface area (Å²) in [5.41, 5.74) is 2.57. The van der Waals surface area contributed by atoms with E-state index in [2.05, 4.69) is 15.1 Å². The second-order valence-electron chi connectivity index (χ2n) is 4.63. The summed E-state index contributed by atoms with van der Waals surface area (Å²) >= 11 is 0. The summed E-state index contributed by atoms with van der Waals surface area (Å²) in [7, 11) is 0. The predicted octanol–water partition coefficient (Wildman–Crippen LogP) is 2.81. The van der Waals surface area contributed by atoms with Gasteiger partial charge in [0.05, 0.1) is 27.7 Å². The topological polar surface area (TPSA) is 89.6 Å². The van der Waals surface area contributed by atoms with Gasteiger partial charge in [0.2, 0.25) is 5.95 Å². The van der Waals surface area contributed by atoms with E-state index in [0.29, 0.717) is 11.3 Å². The number of nitro groups is 1. The van der Waals surface area contributed by atoms with Crippen LogP contribution in [0.1, 0.15) is 0 Å². The first-order valence-electron chi connectivity index (χ1n) is 6.30. The zero-order valence-electron chi connectivity index (χ0n) is 10.7. The van der Waals surface area contributed by atoms with Crippen molar-refractivity contribution in [3.05, 3.63) is 58.8 Å². The van der Waals surface area contributed by atoms with Crippen LogP contribution in [0, 0.1) is 10.1 Å². The lowest BCUT2D eigenvalue weighted by Gasteiger charge is -1.98. The lowest BCUT2D eigenvalue weighted by atomic mass is 10.2. The molecule has 21 heavy (non-hydrogen) atoms. The Balaban J connectivity index is 1.92. The molecule has 0 aliphatic rings. The number of fused-ring (bicyclic) bond motifs is 2. The maximum absolute atomic E-state index is 10.8. The fourth-order valence-electron chi connectivity index (χ4n) is 2.34. The van der Waals surface area contributed by atoms with Gasteiger partial charge < -0.3 is 4.98 Å². The molecule has 102 valence electrons. The average Bonchev–Trinajstić information content (AvgIpc) is 3.09. The third-order valence-corrected chi connectivity index (χ3v) is 3.34. The van der Waals surface area contributed by atoms with E-state index < -0.39 is 4.92 Å². The molecule has 0 amide bonds. The Labute approximate surface area is 118 Å². The van der Waals surface area contributed by atoms with Crippen molar-refractivity contribution in [1.82, 2.24) is 19.7 Å². The van der Waals surface area contributed by atoms with Gasteiger partial charge in [0, 0.05) is 17.5 Å². The summed E-state index contributed by atoms with van der Waals surface area (Å²) < 4.78 is 1.64. The number of nitrogens with zero attached hydrogens (tertiary/aromatic N) is 4. The van der Waals surface area contributed by atoms with Crippen molar-refractivity contribution < 1.29 is 4.92 Å². The second-order valence-corrected chi connectivity index (χ2v) is 4.63. The Morgan fingerprint density at radius 2 is 2.05 bits per heavy atom. The van der Waals surface area contributed by atoms with Gasteiger partial charge in [-0.3, -0.25) is 10.1 Å². The molecule has 0 aliphatic carbocycles. The van der Waals surface area contributed by atoms with Crippen LogP contribution in [0.4, 0.5) is 5.69 Å². The van der Waals surface area contributed by atoms with E-state index in [0.717, 1.165) is 16.6 Å². The van der Waals surface area contributed by atoms with Crippen molar-refractivity contribution in [3.8, 4) is 5.95 Å². The number of para-hydroxylation sites is 2. The van der Waals surface area contributed by atoms with E-state index in [9.17, 15) is 10.1 Å².